The van der Waals surface area contributed by atoms with Crippen molar-refractivity contribution in [1.29, 1.82) is 0 Å². The third kappa shape index (κ3) is 3.03. The molecule has 5 heteroatoms. The fourth-order valence-corrected chi connectivity index (χ4v) is 3.10. The summed E-state index contributed by atoms with van der Waals surface area (Å²) >= 11 is 1.29. The molecule has 0 amide bonds. The molecule has 0 saturated heterocycles. The molecule has 0 radical (unpaired) electrons. The van der Waals surface area contributed by atoms with E-state index in [4.69, 9.17) is 0 Å². The second-order valence-corrected chi connectivity index (χ2v) is 6.12. The molecular formula is C13H13F3OS. The van der Waals surface area contributed by atoms with E-state index in [-0.39, 0.29) is 0 Å². The molecule has 0 aliphatic heterocycles. The summed E-state index contributed by atoms with van der Waals surface area (Å²) in [5.74, 6) is 0. The molecule has 0 aliphatic carbocycles. The van der Waals surface area contributed by atoms with Crippen LogP contribution in [0.15, 0.2) is 24.3 Å². The minimum absolute atomic E-state index is 0.438. The number of rotatable bonds is 2. The molecule has 0 unspecified atom stereocenters. The van der Waals surface area contributed by atoms with E-state index < -0.39 is 17.3 Å². The second-order valence-electron chi connectivity index (χ2n) is 4.95. The summed E-state index contributed by atoms with van der Waals surface area (Å²) in [6.07, 6.45) is -3.87. The van der Waals surface area contributed by atoms with E-state index in [0.717, 1.165) is 22.4 Å². The maximum absolute atomic E-state index is 12.6. The Balaban J connectivity index is 2.40. The van der Waals surface area contributed by atoms with Gasteiger partial charge in [0.15, 0.2) is 0 Å². The lowest BCUT2D eigenvalue weighted by molar-refractivity contribution is -0.137. The third-order valence-corrected chi connectivity index (χ3v) is 3.60. The number of halogens is 3. The number of hydrogen-bond acceptors (Lipinski definition) is 2. The molecule has 1 nitrogen and oxygen atoms in total. The number of hydrogen-bond donors (Lipinski definition) is 1. The molecule has 0 bridgehead atoms. The van der Waals surface area contributed by atoms with Crippen LogP contribution in [-0.2, 0) is 12.6 Å². The van der Waals surface area contributed by atoms with Crippen LogP contribution in [0.3, 0.4) is 0 Å². The quantitative estimate of drug-likeness (QED) is 0.868. The van der Waals surface area contributed by atoms with Crippen molar-refractivity contribution >= 4 is 21.4 Å². The predicted octanol–water partition coefficient (Wildman–Crippen LogP) is 4.23. The van der Waals surface area contributed by atoms with Gasteiger partial charge in [-0.3, -0.25) is 0 Å². The van der Waals surface area contributed by atoms with Crippen molar-refractivity contribution in [2.24, 2.45) is 0 Å². The summed E-state index contributed by atoms with van der Waals surface area (Å²) in [7, 11) is 0. The molecule has 1 aromatic heterocycles. The van der Waals surface area contributed by atoms with E-state index in [2.05, 4.69) is 0 Å². The Labute approximate surface area is 107 Å². The van der Waals surface area contributed by atoms with Crippen LogP contribution in [0, 0.1) is 0 Å². The zero-order valence-corrected chi connectivity index (χ0v) is 10.8. The number of thiophene rings is 1. The minimum Gasteiger partial charge on any atom is -0.390 e. The van der Waals surface area contributed by atoms with E-state index >= 15 is 0 Å². The first kappa shape index (κ1) is 13.4. The van der Waals surface area contributed by atoms with Gasteiger partial charge in [-0.15, -0.1) is 11.3 Å². The fraction of sp³-hybridized carbons (Fsp3) is 0.385. The highest BCUT2D eigenvalue weighted by Gasteiger charge is 2.30. The van der Waals surface area contributed by atoms with Crippen LogP contribution < -0.4 is 0 Å². The van der Waals surface area contributed by atoms with Crippen molar-refractivity contribution in [3.8, 4) is 0 Å². The van der Waals surface area contributed by atoms with Crippen LogP contribution >= 0.6 is 11.3 Å². The Morgan fingerprint density at radius 3 is 2.39 bits per heavy atom. The fourth-order valence-electron chi connectivity index (χ4n) is 1.78. The standard InChI is InChI=1S/C13H13F3OS/c1-12(2,17)7-10-5-8-3-4-9(13(14,15)16)6-11(8)18-10/h3-6,17H,7H2,1-2H3. The van der Waals surface area contributed by atoms with Gasteiger partial charge in [-0.05, 0) is 37.4 Å². The van der Waals surface area contributed by atoms with Gasteiger partial charge in [0.1, 0.15) is 0 Å². The zero-order chi connectivity index (χ0) is 13.6. The molecule has 1 aromatic carbocycles. The lowest BCUT2D eigenvalue weighted by Gasteiger charge is -2.14. The Bertz CT molecular complexity index is 564. The first-order chi connectivity index (χ1) is 8.15. The van der Waals surface area contributed by atoms with Crippen molar-refractivity contribution in [2.45, 2.75) is 32.0 Å². The van der Waals surface area contributed by atoms with Gasteiger partial charge in [-0.25, -0.2) is 0 Å². The largest absolute Gasteiger partial charge is 0.416 e. The predicted molar refractivity (Wildman–Crippen MR) is 66.8 cm³/mol. The highest BCUT2D eigenvalue weighted by molar-refractivity contribution is 7.19. The molecule has 0 fully saturated rings. The van der Waals surface area contributed by atoms with Crippen molar-refractivity contribution in [3.05, 3.63) is 34.7 Å². The molecule has 2 rings (SSSR count). The zero-order valence-electron chi connectivity index (χ0n) is 10.0. The van der Waals surface area contributed by atoms with Gasteiger partial charge < -0.3 is 5.11 Å². The summed E-state index contributed by atoms with van der Waals surface area (Å²) in [4.78, 5) is 0.886. The van der Waals surface area contributed by atoms with E-state index in [1.165, 1.54) is 17.4 Å². The van der Waals surface area contributed by atoms with Crippen LogP contribution in [0.2, 0.25) is 0 Å². The van der Waals surface area contributed by atoms with Crippen molar-refractivity contribution < 1.29 is 18.3 Å². The minimum atomic E-state index is -4.31. The molecule has 0 saturated carbocycles. The van der Waals surface area contributed by atoms with Crippen molar-refractivity contribution in [1.82, 2.24) is 0 Å². The maximum atomic E-state index is 12.6. The number of benzene rings is 1. The summed E-state index contributed by atoms with van der Waals surface area (Å²) in [6.45, 7) is 3.36. The number of alkyl halides is 3. The van der Waals surface area contributed by atoms with Gasteiger partial charge in [0.2, 0.25) is 0 Å². The summed E-state index contributed by atoms with van der Waals surface area (Å²) < 4.78 is 38.3. The van der Waals surface area contributed by atoms with Gasteiger partial charge in [0, 0.05) is 16.0 Å². The molecule has 1 heterocycles. The lowest BCUT2D eigenvalue weighted by Crippen LogP contribution is -2.20. The molecule has 0 spiro atoms. The van der Waals surface area contributed by atoms with Crippen LogP contribution in [-0.4, -0.2) is 10.7 Å². The van der Waals surface area contributed by atoms with Crippen molar-refractivity contribution in [2.75, 3.05) is 0 Å². The summed E-state index contributed by atoms with van der Waals surface area (Å²) in [5, 5.41) is 10.5. The van der Waals surface area contributed by atoms with E-state index in [1.54, 1.807) is 13.8 Å². The SMILES string of the molecule is CC(C)(O)Cc1cc2ccc(C(F)(F)F)cc2s1. The molecule has 18 heavy (non-hydrogen) atoms. The van der Waals surface area contributed by atoms with E-state index in [1.807, 2.05) is 6.07 Å². The van der Waals surface area contributed by atoms with Crippen LogP contribution in [0.4, 0.5) is 13.2 Å². The monoisotopic (exact) mass is 274 g/mol. The van der Waals surface area contributed by atoms with Crippen LogP contribution in [0.5, 0.6) is 0 Å². The Morgan fingerprint density at radius 2 is 1.83 bits per heavy atom. The number of aliphatic hydroxyl groups is 1. The van der Waals surface area contributed by atoms with Crippen LogP contribution in [0.1, 0.15) is 24.3 Å². The van der Waals surface area contributed by atoms with Gasteiger partial charge in [0.25, 0.3) is 0 Å². The Hall–Kier alpha value is -1.07. The lowest BCUT2D eigenvalue weighted by atomic mass is 10.0. The van der Waals surface area contributed by atoms with E-state index in [9.17, 15) is 18.3 Å². The highest BCUT2D eigenvalue weighted by atomic mass is 32.1. The molecule has 0 aliphatic rings. The average molecular weight is 274 g/mol. The molecular weight excluding hydrogens is 261 g/mol. The molecule has 1 N–H and O–H groups in total. The molecule has 0 atom stereocenters. The second kappa shape index (κ2) is 4.24. The van der Waals surface area contributed by atoms with Gasteiger partial charge in [-0.1, -0.05) is 6.07 Å². The van der Waals surface area contributed by atoms with Crippen LogP contribution in [0.25, 0.3) is 10.1 Å². The number of fused-ring (bicyclic) bond motifs is 1. The van der Waals surface area contributed by atoms with Gasteiger partial charge >= 0.3 is 6.18 Å². The van der Waals surface area contributed by atoms with Crippen molar-refractivity contribution in [3.63, 3.8) is 0 Å². The topological polar surface area (TPSA) is 20.2 Å². The first-order valence-electron chi connectivity index (χ1n) is 5.47. The smallest absolute Gasteiger partial charge is 0.390 e. The normalized spacial score (nSPS) is 13.2. The first-order valence-corrected chi connectivity index (χ1v) is 6.29. The average Bonchev–Trinajstić information content (AvgIpc) is 2.53. The highest BCUT2D eigenvalue weighted by Crippen LogP contribution is 2.35. The molecule has 98 valence electrons. The summed E-state index contributed by atoms with van der Waals surface area (Å²) in [6, 6.07) is 5.55. The Morgan fingerprint density at radius 1 is 1.17 bits per heavy atom. The maximum Gasteiger partial charge on any atom is 0.416 e. The van der Waals surface area contributed by atoms with E-state index in [0.29, 0.717) is 11.1 Å². The van der Waals surface area contributed by atoms with Gasteiger partial charge in [0.05, 0.1) is 11.2 Å². The summed E-state index contributed by atoms with van der Waals surface area (Å²) in [5.41, 5.74) is -1.49. The molecule has 2 aromatic rings. The Kier molecular flexibility index (Phi) is 3.15. The third-order valence-electron chi connectivity index (χ3n) is 2.51. The van der Waals surface area contributed by atoms with Gasteiger partial charge in [-0.2, -0.15) is 13.2 Å².